The first kappa shape index (κ1) is 28.0. The molecule has 2 amide bonds. The molecular formula is C25H28N8O4S2. The van der Waals surface area contributed by atoms with Gasteiger partial charge in [-0.05, 0) is 41.8 Å². The zero-order valence-electron chi connectivity index (χ0n) is 21.9. The summed E-state index contributed by atoms with van der Waals surface area (Å²) >= 11 is 2.60. The van der Waals surface area contributed by atoms with Crippen molar-refractivity contribution in [1.29, 1.82) is 0 Å². The standard InChI is InChI=1S/C25H28N8O4S2/c1-32-14-26-30-24(32)38-12-22(34)28-18-7-5-16(10-20(18)36-3)9-17-6-8-19(21(11-17)37-4)29-23(35)13-39-25-31-27-15-33(25)2/h5-8,10-11,14-15H,9,12-13H2,1-4H3,(H,28,34)(H,29,35). The number of rotatable bonds is 12. The van der Waals surface area contributed by atoms with Crippen LogP contribution >= 0.6 is 23.5 Å². The van der Waals surface area contributed by atoms with Crippen LogP contribution in [-0.2, 0) is 30.1 Å². The molecule has 0 bridgehead atoms. The molecule has 0 aliphatic heterocycles. The van der Waals surface area contributed by atoms with E-state index >= 15 is 0 Å². The fraction of sp³-hybridized carbons (Fsp3) is 0.280. The van der Waals surface area contributed by atoms with E-state index < -0.39 is 0 Å². The molecule has 0 spiro atoms. The molecule has 0 atom stereocenters. The van der Waals surface area contributed by atoms with Crippen molar-refractivity contribution in [3.63, 3.8) is 0 Å². The predicted molar refractivity (Wildman–Crippen MR) is 150 cm³/mol. The summed E-state index contributed by atoms with van der Waals surface area (Å²) in [5, 5.41) is 22.7. The molecule has 0 unspecified atom stereocenters. The van der Waals surface area contributed by atoms with Crippen molar-refractivity contribution in [3.05, 3.63) is 60.2 Å². The van der Waals surface area contributed by atoms with Gasteiger partial charge in [0, 0.05) is 14.1 Å². The quantitative estimate of drug-likeness (QED) is 0.245. The van der Waals surface area contributed by atoms with Gasteiger partial charge in [-0.25, -0.2) is 0 Å². The number of carbonyl (C=O) groups excluding carboxylic acids is 2. The van der Waals surface area contributed by atoms with Gasteiger partial charge in [0.2, 0.25) is 11.8 Å². The van der Waals surface area contributed by atoms with Gasteiger partial charge >= 0.3 is 0 Å². The summed E-state index contributed by atoms with van der Waals surface area (Å²) in [7, 11) is 6.77. The van der Waals surface area contributed by atoms with E-state index in [2.05, 4.69) is 31.0 Å². The van der Waals surface area contributed by atoms with E-state index in [1.807, 2.05) is 50.5 Å². The van der Waals surface area contributed by atoms with Gasteiger partial charge in [-0.2, -0.15) is 0 Å². The predicted octanol–water partition coefficient (Wildman–Crippen LogP) is 3.01. The fourth-order valence-corrected chi connectivity index (χ4v) is 4.95. The monoisotopic (exact) mass is 568 g/mol. The van der Waals surface area contributed by atoms with Crippen LogP contribution in [0.25, 0.3) is 0 Å². The number of methoxy groups -OCH3 is 2. The van der Waals surface area contributed by atoms with E-state index in [4.69, 9.17) is 9.47 Å². The molecular weight excluding hydrogens is 540 g/mol. The molecule has 12 nitrogen and oxygen atoms in total. The maximum absolute atomic E-state index is 12.5. The number of hydrogen-bond acceptors (Lipinski definition) is 10. The Morgan fingerprint density at radius 1 is 0.769 bits per heavy atom. The highest BCUT2D eigenvalue weighted by Crippen LogP contribution is 2.30. The molecule has 4 aromatic rings. The largest absolute Gasteiger partial charge is 0.495 e. The number of ether oxygens (including phenoxy) is 2. The number of nitrogens with one attached hydrogen (secondary N) is 2. The number of aryl methyl sites for hydroxylation is 2. The van der Waals surface area contributed by atoms with Gasteiger partial charge in [0.25, 0.3) is 0 Å². The minimum Gasteiger partial charge on any atom is -0.495 e. The van der Waals surface area contributed by atoms with Gasteiger partial charge in [0.1, 0.15) is 24.2 Å². The number of thioether (sulfide) groups is 2. The number of aromatic nitrogens is 6. The van der Waals surface area contributed by atoms with Crippen LogP contribution in [0.15, 0.2) is 59.4 Å². The van der Waals surface area contributed by atoms with Crippen LogP contribution in [0, 0.1) is 0 Å². The van der Waals surface area contributed by atoms with Crippen molar-refractivity contribution in [3.8, 4) is 11.5 Å². The van der Waals surface area contributed by atoms with Crippen molar-refractivity contribution < 1.29 is 19.1 Å². The Balaban J connectivity index is 1.36. The van der Waals surface area contributed by atoms with E-state index in [1.165, 1.54) is 23.5 Å². The summed E-state index contributed by atoms with van der Waals surface area (Å²) in [5.74, 6) is 1.15. The maximum Gasteiger partial charge on any atom is 0.234 e. The Kier molecular flexibility index (Phi) is 9.44. The second kappa shape index (κ2) is 13.2. The van der Waals surface area contributed by atoms with Crippen LogP contribution in [0.5, 0.6) is 11.5 Å². The first-order valence-corrected chi connectivity index (χ1v) is 13.7. The smallest absolute Gasteiger partial charge is 0.234 e. The lowest BCUT2D eigenvalue weighted by Crippen LogP contribution is -2.15. The first-order chi connectivity index (χ1) is 18.9. The Labute approximate surface area is 233 Å². The molecule has 0 aliphatic rings. The van der Waals surface area contributed by atoms with E-state index in [1.54, 1.807) is 36.0 Å². The van der Waals surface area contributed by atoms with Gasteiger partial charge in [0.05, 0.1) is 37.1 Å². The summed E-state index contributed by atoms with van der Waals surface area (Å²) in [6.45, 7) is 0. The minimum absolute atomic E-state index is 0.175. The SMILES string of the molecule is COc1cc(Cc2ccc(NC(=O)CSc3nncn3C)c(OC)c2)ccc1NC(=O)CSc1nncn1C. The van der Waals surface area contributed by atoms with Crippen molar-refractivity contribution >= 4 is 46.7 Å². The van der Waals surface area contributed by atoms with Gasteiger partial charge in [-0.3, -0.25) is 9.59 Å². The number of nitrogens with zero attached hydrogens (tertiary/aromatic N) is 6. The third-order valence-corrected chi connectivity index (χ3v) is 7.56. The van der Waals surface area contributed by atoms with Crippen LogP contribution in [0.3, 0.4) is 0 Å². The van der Waals surface area contributed by atoms with E-state index in [9.17, 15) is 9.59 Å². The Bertz CT molecular complexity index is 1350. The Morgan fingerprint density at radius 3 is 1.56 bits per heavy atom. The average molecular weight is 569 g/mol. The molecule has 0 fully saturated rings. The second-order valence-corrected chi connectivity index (χ2v) is 10.3. The first-order valence-electron chi connectivity index (χ1n) is 11.7. The van der Waals surface area contributed by atoms with E-state index in [0.29, 0.717) is 39.6 Å². The lowest BCUT2D eigenvalue weighted by atomic mass is 10.0. The molecule has 2 N–H and O–H groups in total. The van der Waals surface area contributed by atoms with Crippen LogP contribution in [0.1, 0.15) is 11.1 Å². The number of hydrogen-bond donors (Lipinski definition) is 2. The summed E-state index contributed by atoms with van der Waals surface area (Å²) in [5.41, 5.74) is 3.13. The number of anilines is 2. The molecule has 14 heteroatoms. The van der Waals surface area contributed by atoms with Crippen LogP contribution in [0.4, 0.5) is 11.4 Å². The Morgan fingerprint density at radius 2 is 1.21 bits per heavy atom. The van der Waals surface area contributed by atoms with Gasteiger partial charge < -0.3 is 29.2 Å². The number of carbonyl (C=O) groups is 2. The maximum atomic E-state index is 12.5. The summed E-state index contributed by atoms with van der Waals surface area (Å²) in [6.07, 6.45) is 3.77. The van der Waals surface area contributed by atoms with Gasteiger partial charge in [0.15, 0.2) is 10.3 Å². The molecule has 2 heterocycles. The molecule has 4 rings (SSSR count). The van der Waals surface area contributed by atoms with E-state index in [0.717, 1.165) is 11.1 Å². The van der Waals surface area contributed by atoms with Crippen LogP contribution in [0.2, 0.25) is 0 Å². The highest BCUT2D eigenvalue weighted by molar-refractivity contribution is 8.00. The van der Waals surface area contributed by atoms with Crippen molar-refractivity contribution in [2.75, 3.05) is 36.4 Å². The third-order valence-electron chi connectivity index (χ3n) is 5.49. The molecule has 39 heavy (non-hydrogen) atoms. The molecule has 2 aromatic heterocycles. The van der Waals surface area contributed by atoms with Crippen molar-refractivity contribution in [2.45, 2.75) is 16.7 Å². The van der Waals surface area contributed by atoms with Gasteiger partial charge in [-0.15, -0.1) is 20.4 Å². The second-order valence-electron chi connectivity index (χ2n) is 8.37. The summed E-state index contributed by atoms with van der Waals surface area (Å²) in [6, 6.07) is 11.3. The molecule has 2 aromatic carbocycles. The summed E-state index contributed by atoms with van der Waals surface area (Å²) in [4.78, 5) is 24.9. The molecule has 204 valence electrons. The highest BCUT2D eigenvalue weighted by Gasteiger charge is 2.14. The number of benzene rings is 2. The van der Waals surface area contributed by atoms with Crippen molar-refractivity contribution in [1.82, 2.24) is 29.5 Å². The number of amides is 2. The zero-order valence-corrected chi connectivity index (χ0v) is 23.5. The van der Waals surface area contributed by atoms with Crippen LogP contribution in [-0.4, -0.2) is 67.1 Å². The Hall–Kier alpha value is -4.04. The molecule has 0 saturated carbocycles. The highest BCUT2D eigenvalue weighted by atomic mass is 32.2. The molecule has 0 aliphatic carbocycles. The fourth-order valence-electron chi connectivity index (χ4n) is 3.57. The topological polar surface area (TPSA) is 138 Å². The van der Waals surface area contributed by atoms with Crippen molar-refractivity contribution in [2.24, 2.45) is 14.1 Å². The summed E-state index contributed by atoms with van der Waals surface area (Å²) < 4.78 is 14.6. The average Bonchev–Trinajstić information content (AvgIpc) is 3.54. The molecule has 0 saturated heterocycles. The lowest BCUT2D eigenvalue weighted by Gasteiger charge is -2.14. The minimum atomic E-state index is -0.175. The third kappa shape index (κ3) is 7.51. The normalized spacial score (nSPS) is 10.8. The van der Waals surface area contributed by atoms with Gasteiger partial charge in [-0.1, -0.05) is 35.7 Å². The lowest BCUT2D eigenvalue weighted by molar-refractivity contribution is -0.114. The van der Waals surface area contributed by atoms with Crippen LogP contribution < -0.4 is 20.1 Å². The van der Waals surface area contributed by atoms with E-state index in [-0.39, 0.29) is 23.3 Å². The molecule has 0 radical (unpaired) electrons. The zero-order chi connectivity index (χ0) is 27.8.